The molecule has 5 nitrogen and oxygen atoms in total. The van der Waals surface area contributed by atoms with Crippen LogP contribution in [-0.2, 0) is 20.3 Å². The molecule has 1 N–H and O–H groups in total. The minimum atomic E-state index is -1.38. The standard InChI is InChI=1S/C16H13ClFNO4S/c1-24(22)14-5-3-2-4-11(14)16(21)23-9-15(20)19-13-7-6-10(17)8-12(13)18/h2-8H,9H2,1H3,(H,19,20)/t24-/m1/s1. The lowest BCUT2D eigenvalue weighted by Crippen LogP contribution is -2.22. The minimum absolute atomic E-state index is 0.0736. The summed E-state index contributed by atoms with van der Waals surface area (Å²) in [6, 6.07) is 9.99. The monoisotopic (exact) mass is 369 g/mol. The maximum Gasteiger partial charge on any atom is 0.339 e. The van der Waals surface area contributed by atoms with Gasteiger partial charge < -0.3 is 10.1 Å². The van der Waals surface area contributed by atoms with Gasteiger partial charge in [-0.25, -0.2) is 9.18 Å². The largest absolute Gasteiger partial charge is 0.452 e. The Labute approximate surface area is 145 Å². The molecule has 0 bridgehead atoms. The Balaban J connectivity index is 1.99. The van der Waals surface area contributed by atoms with Crippen LogP contribution < -0.4 is 5.32 Å². The van der Waals surface area contributed by atoms with Gasteiger partial charge in [0.25, 0.3) is 5.91 Å². The molecule has 0 heterocycles. The van der Waals surface area contributed by atoms with Crippen LogP contribution in [0.1, 0.15) is 10.4 Å². The van der Waals surface area contributed by atoms with Crippen molar-refractivity contribution in [3.63, 3.8) is 0 Å². The molecule has 1 atom stereocenters. The number of halogens is 2. The summed E-state index contributed by atoms with van der Waals surface area (Å²) in [6.45, 7) is -0.606. The molecule has 0 spiro atoms. The molecular weight excluding hydrogens is 357 g/mol. The Hall–Kier alpha value is -2.25. The first kappa shape index (κ1) is 18.1. The van der Waals surface area contributed by atoms with Gasteiger partial charge in [-0.05, 0) is 30.3 Å². The van der Waals surface area contributed by atoms with Crippen LogP contribution in [0.2, 0.25) is 5.02 Å². The second kappa shape index (κ2) is 8.03. The Bertz CT molecular complexity index is 812. The fourth-order valence-corrected chi connectivity index (χ4v) is 2.76. The number of esters is 1. The highest BCUT2D eigenvalue weighted by atomic mass is 35.5. The third kappa shape index (κ3) is 4.62. The molecule has 2 rings (SSSR count). The van der Waals surface area contributed by atoms with Gasteiger partial charge in [0.2, 0.25) is 0 Å². The number of carbonyl (C=O) groups excluding carboxylic acids is 2. The summed E-state index contributed by atoms with van der Waals surface area (Å²) in [5, 5.41) is 2.47. The summed E-state index contributed by atoms with van der Waals surface area (Å²) in [4.78, 5) is 24.1. The molecule has 0 fully saturated rings. The van der Waals surface area contributed by atoms with Gasteiger partial charge in [-0.1, -0.05) is 23.7 Å². The summed E-state index contributed by atoms with van der Waals surface area (Å²) >= 11 is 5.62. The third-order valence-electron chi connectivity index (χ3n) is 2.96. The summed E-state index contributed by atoms with van der Waals surface area (Å²) in [6.07, 6.45) is 1.43. The molecule has 0 radical (unpaired) electrons. The summed E-state index contributed by atoms with van der Waals surface area (Å²) in [7, 11) is -1.38. The van der Waals surface area contributed by atoms with Crippen molar-refractivity contribution in [2.45, 2.75) is 4.90 Å². The third-order valence-corrected chi connectivity index (χ3v) is 4.17. The summed E-state index contributed by atoms with van der Waals surface area (Å²) in [5.41, 5.74) is 0.0410. The van der Waals surface area contributed by atoms with Gasteiger partial charge in [-0.15, -0.1) is 0 Å². The van der Waals surface area contributed by atoms with Crippen molar-refractivity contribution in [3.05, 3.63) is 58.9 Å². The molecule has 2 aromatic carbocycles. The lowest BCUT2D eigenvalue weighted by molar-refractivity contribution is -0.119. The van der Waals surface area contributed by atoms with Gasteiger partial charge in [0, 0.05) is 11.3 Å². The minimum Gasteiger partial charge on any atom is -0.452 e. The normalized spacial score (nSPS) is 11.6. The number of hydrogen-bond donors (Lipinski definition) is 1. The smallest absolute Gasteiger partial charge is 0.339 e. The fourth-order valence-electron chi connectivity index (χ4n) is 1.87. The van der Waals surface area contributed by atoms with Crippen LogP contribution in [0.5, 0.6) is 0 Å². The number of nitrogens with one attached hydrogen (secondary N) is 1. The highest BCUT2D eigenvalue weighted by molar-refractivity contribution is 7.84. The number of amides is 1. The average molecular weight is 370 g/mol. The zero-order valence-electron chi connectivity index (χ0n) is 12.5. The van der Waals surface area contributed by atoms with Crippen LogP contribution in [0, 0.1) is 5.82 Å². The van der Waals surface area contributed by atoms with Gasteiger partial charge >= 0.3 is 5.97 Å². The average Bonchev–Trinajstić information content (AvgIpc) is 2.55. The SMILES string of the molecule is C[S@@](=O)c1ccccc1C(=O)OCC(=O)Nc1ccc(Cl)cc1F. The zero-order valence-corrected chi connectivity index (χ0v) is 14.1. The number of carbonyl (C=O) groups is 2. The van der Waals surface area contributed by atoms with Crippen molar-refractivity contribution >= 4 is 40.0 Å². The number of hydrogen-bond acceptors (Lipinski definition) is 4. The molecule has 0 aliphatic carbocycles. The van der Waals surface area contributed by atoms with E-state index >= 15 is 0 Å². The van der Waals surface area contributed by atoms with Crippen molar-refractivity contribution in [1.82, 2.24) is 0 Å². The predicted molar refractivity (Wildman–Crippen MR) is 89.1 cm³/mol. The van der Waals surface area contributed by atoms with Crippen LogP contribution in [0.3, 0.4) is 0 Å². The molecule has 0 saturated carbocycles. The topological polar surface area (TPSA) is 72.5 Å². The van der Waals surface area contributed by atoms with Gasteiger partial charge in [-0.3, -0.25) is 9.00 Å². The molecule has 2 aromatic rings. The Morgan fingerprint density at radius 3 is 2.62 bits per heavy atom. The van der Waals surface area contributed by atoms with Crippen LogP contribution in [-0.4, -0.2) is 28.9 Å². The van der Waals surface area contributed by atoms with E-state index in [4.69, 9.17) is 16.3 Å². The molecule has 0 saturated heterocycles. The molecule has 1 amide bonds. The second-order valence-corrected chi connectivity index (χ2v) is 6.48. The van der Waals surface area contributed by atoms with E-state index < -0.39 is 35.1 Å². The molecule has 0 unspecified atom stereocenters. The first-order valence-electron chi connectivity index (χ1n) is 6.73. The quantitative estimate of drug-likeness (QED) is 0.822. The zero-order chi connectivity index (χ0) is 17.7. The van der Waals surface area contributed by atoms with Crippen molar-refractivity contribution < 1.29 is 22.9 Å². The summed E-state index contributed by atoms with van der Waals surface area (Å²) in [5.74, 6) is -2.19. The lowest BCUT2D eigenvalue weighted by atomic mass is 10.2. The maximum absolute atomic E-state index is 13.6. The molecule has 8 heteroatoms. The molecule has 126 valence electrons. The first-order chi connectivity index (χ1) is 11.4. The van der Waals surface area contributed by atoms with Gasteiger partial charge in [-0.2, -0.15) is 0 Å². The van der Waals surface area contributed by atoms with Crippen molar-refractivity contribution in [2.24, 2.45) is 0 Å². The molecule has 0 aliphatic rings. The Morgan fingerprint density at radius 2 is 1.96 bits per heavy atom. The van der Waals surface area contributed by atoms with E-state index in [1.807, 2.05) is 0 Å². The maximum atomic E-state index is 13.6. The van der Waals surface area contributed by atoms with E-state index in [0.29, 0.717) is 4.90 Å². The Morgan fingerprint density at radius 1 is 1.25 bits per heavy atom. The molecule has 24 heavy (non-hydrogen) atoms. The number of rotatable bonds is 5. The van der Waals surface area contributed by atoms with E-state index in [1.165, 1.54) is 30.5 Å². The van der Waals surface area contributed by atoms with Crippen molar-refractivity contribution in [3.8, 4) is 0 Å². The Kier molecular flexibility index (Phi) is 6.05. The number of benzene rings is 2. The van der Waals surface area contributed by atoms with Gasteiger partial charge in [0.05, 0.1) is 26.9 Å². The molecule has 0 aromatic heterocycles. The molecular formula is C16H13ClFNO4S. The fraction of sp³-hybridized carbons (Fsp3) is 0.125. The van der Waals surface area contributed by atoms with E-state index in [0.717, 1.165) is 6.07 Å². The van der Waals surface area contributed by atoms with Gasteiger partial charge in [0.15, 0.2) is 6.61 Å². The van der Waals surface area contributed by atoms with Crippen molar-refractivity contribution in [2.75, 3.05) is 18.2 Å². The number of anilines is 1. The lowest BCUT2D eigenvalue weighted by Gasteiger charge is -2.09. The van der Waals surface area contributed by atoms with Crippen molar-refractivity contribution in [1.29, 1.82) is 0 Å². The van der Waals surface area contributed by atoms with Crippen LogP contribution in [0.15, 0.2) is 47.4 Å². The van der Waals surface area contributed by atoms with E-state index in [1.54, 1.807) is 12.1 Å². The molecule has 0 aliphatic heterocycles. The van der Waals surface area contributed by atoms with Gasteiger partial charge in [0.1, 0.15) is 5.82 Å². The van der Waals surface area contributed by atoms with E-state index in [9.17, 15) is 18.2 Å². The summed E-state index contributed by atoms with van der Waals surface area (Å²) < 4.78 is 30.0. The number of ether oxygens (including phenoxy) is 1. The highest BCUT2D eigenvalue weighted by Gasteiger charge is 2.16. The first-order valence-corrected chi connectivity index (χ1v) is 8.66. The van der Waals surface area contributed by atoms with Crippen LogP contribution in [0.4, 0.5) is 10.1 Å². The second-order valence-electron chi connectivity index (χ2n) is 4.70. The predicted octanol–water partition coefficient (Wildman–Crippen LogP) is 3.01. The van der Waals surface area contributed by atoms with Crippen LogP contribution >= 0.6 is 11.6 Å². The van der Waals surface area contributed by atoms with Crippen LogP contribution in [0.25, 0.3) is 0 Å². The highest BCUT2D eigenvalue weighted by Crippen LogP contribution is 2.19. The van der Waals surface area contributed by atoms with E-state index in [-0.39, 0.29) is 16.3 Å². The van der Waals surface area contributed by atoms with E-state index in [2.05, 4.69) is 5.32 Å².